The lowest BCUT2D eigenvalue weighted by Gasteiger charge is -2.37. The molecule has 0 unspecified atom stereocenters. The second kappa shape index (κ2) is 5.43. The first kappa shape index (κ1) is 13.6. The minimum atomic E-state index is 0.0759. The number of hydrogen-bond donors (Lipinski definition) is 1. The van der Waals surface area contributed by atoms with Gasteiger partial charge in [0.1, 0.15) is 10.7 Å². The Bertz CT molecular complexity index is 456. The van der Waals surface area contributed by atoms with Crippen LogP contribution in [0.2, 0.25) is 5.02 Å². The van der Waals surface area contributed by atoms with Gasteiger partial charge in [0.2, 0.25) is 0 Å². The second-order valence-corrected chi connectivity index (χ2v) is 5.43. The van der Waals surface area contributed by atoms with E-state index in [0.717, 1.165) is 23.6 Å². The Labute approximate surface area is 117 Å². The Kier molecular flexibility index (Phi) is 4.10. The number of phenols is 1. The van der Waals surface area contributed by atoms with Crippen LogP contribution in [0.5, 0.6) is 5.75 Å². The summed E-state index contributed by atoms with van der Waals surface area (Å²) in [6.45, 7) is 5.63. The van der Waals surface area contributed by atoms with E-state index in [1.165, 1.54) is 0 Å². The molecule has 1 heterocycles. The molecule has 0 saturated carbocycles. The summed E-state index contributed by atoms with van der Waals surface area (Å²) in [5.74, 6) is 0.0759. The van der Waals surface area contributed by atoms with Crippen molar-refractivity contribution >= 4 is 28.8 Å². The molecule has 1 fully saturated rings. The molecule has 0 aliphatic carbocycles. The molecule has 1 saturated heterocycles. The van der Waals surface area contributed by atoms with E-state index in [0.29, 0.717) is 5.02 Å². The molecule has 5 heteroatoms. The summed E-state index contributed by atoms with van der Waals surface area (Å²) in [4.78, 5) is 2.87. The van der Waals surface area contributed by atoms with Crippen LogP contribution in [0.15, 0.2) is 18.2 Å². The lowest BCUT2D eigenvalue weighted by atomic mass is 10.1. The zero-order chi connectivity index (χ0) is 13.3. The molecule has 0 amide bonds. The molecule has 0 spiro atoms. The molecule has 0 radical (unpaired) electrons. The van der Waals surface area contributed by atoms with Gasteiger partial charge < -0.3 is 14.7 Å². The highest BCUT2D eigenvalue weighted by Crippen LogP contribution is 2.25. The van der Waals surface area contributed by atoms with E-state index >= 15 is 0 Å². The fourth-order valence-electron chi connectivity index (χ4n) is 2.17. The summed E-state index contributed by atoms with van der Waals surface area (Å²) < 4.78 is 5.68. The van der Waals surface area contributed by atoms with Crippen LogP contribution in [-0.2, 0) is 4.74 Å². The van der Waals surface area contributed by atoms with Crippen molar-refractivity contribution in [3.05, 3.63) is 28.8 Å². The fraction of sp³-hybridized carbons (Fsp3) is 0.462. The molecule has 98 valence electrons. The molecule has 2 atom stereocenters. The maximum Gasteiger partial charge on any atom is 0.134 e. The molecule has 1 aromatic rings. The Morgan fingerprint density at radius 1 is 1.39 bits per heavy atom. The molecular weight excluding hydrogens is 270 g/mol. The van der Waals surface area contributed by atoms with Gasteiger partial charge in [0.25, 0.3) is 0 Å². The molecule has 18 heavy (non-hydrogen) atoms. The number of morpholine rings is 1. The van der Waals surface area contributed by atoms with Gasteiger partial charge in [-0.15, -0.1) is 0 Å². The SMILES string of the molecule is C[C@@H]1CN(C(=S)c2ccc(O)c(Cl)c2)C[C@H](C)O1. The second-order valence-electron chi connectivity index (χ2n) is 4.63. The van der Waals surface area contributed by atoms with Crippen molar-refractivity contribution in [3.63, 3.8) is 0 Å². The number of thiocarbonyl (C=S) groups is 1. The molecule has 0 bridgehead atoms. The highest BCUT2D eigenvalue weighted by molar-refractivity contribution is 7.80. The van der Waals surface area contributed by atoms with Gasteiger partial charge in [-0.2, -0.15) is 0 Å². The van der Waals surface area contributed by atoms with E-state index < -0.39 is 0 Å². The van der Waals surface area contributed by atoms with Crippen molar-refractivity contribution in [2.45, 2.75) is 26.1 Å². The number of hydrogen-bond acceptors (Lipinski definition) is 3. The first-order chi connectivity index (χ1) is 8.47. The topological polar surface area (TPSA) is 32.7 Å². The van der Waals surface area contributed by atoms with Crippen molar-refractivity contribution in [1.29, 1.82) is 0 Å². The van der Waals surface area contributed by atoms with Crippen LogP contribution >= 0.6 is 23.8 Å². The van der Waals surface area contributed by atoms with E-state index in [1.54, 1.807) is 18.2 Å². The van der Waals surface area contributed by atoms with Gasteiger partial charge in [0.05, 0.1) is 17.2 Å². The Hall–Kier alpha value is -0.840. The van der Waals surface area contributed by atoms with Gasteiger partial charge in [-0.05, 0) is 32.0 Å². The van der Waals surface area contributed by atoms with E-state index in [-0.39, 0.29) is 18.0 Å². The predicted molar refractivity (Wildman–Crippen MR) is 76.4 cm³/mol. The Morgan fingerprint density at radius 2 is 2.00 bits per heavy atom. The van der Waals surface area contributed by atoms with Crippen LogP contribution in [0.4, 0.5) is 0 Å². The van der Waals surface area contributed by atoms with Crippen LogP contribution in [0, 0.1) is 0 Å². The number of ether oxygens (including phenoxy) is 1. The zero-order valence-corrected chi connectivity index (χ0v) is 12.0. The normalized spacial score (nSPS) is 24.1. The quantitative estimate of drug-likeness (QED) is 0.805. The van der Waals surface area contributed by atoms with Crippen LogP contribution in [-0.4, -0.2) is 40.3 Å². The molecule has 3 nitrogen and oxygen atoms in total. The monoisotopic (exact) mass is 285 g/mol. The molecule has 0 aromatic heterocycles. The van der Waals surface area contributed by atoms with Crippen molar-refractivity contribution in [1.82, 2.24) is 4.90 Å². The molecule has 2 rings (SSSR count). The molecule has 1 aliphatic rings. The van der Waals surface area contributed by atoms with Crippen LogP contribution in [0.3, 0.4) is 0 Å². The van der Waals surface area contributed by atoms with Gasteiger partial charge >= 0.3 is 0 Å². The van der Waals surface area contributed by atoms with Crippen molar-refractivity contribution < 1.29 is 9.84 Å². The number of phenolic OH excluding ortho intramolecular Hbond substituents is 1. The fourth-order valence-corrected chi connectivity index (χ4v) is 2.62. The average molecular weight is 286 g/mol. The minimum Gasteiger partial charge on any atom is -0.506 e. The zero-order valence-electron chi connectivity index (χ0n) is 10.4. The third kappa shape index (κ3) is 2.94. The summed E-state index contributed by atoms with van der Waals surface area (Å²) in [6, 6.07) is 5.05. The lowest BCUT2D eigenvalue weighted by Crippen LogP contribution is -2.47. The third-order valence-electron chi connectivity index (χ3n) is 2.90. The summed E-state index contributed by atoms with van der Waals surface area (Å²) in [5, 5.41) is 9.73. The summed E-state index contributed by atoms with van der Waals surface area (Å²) in [6.07, 6.45) is 0.332. The number of aromatic hydroxyl groups is 1. The van der Waals surface area contributed by atoms with Crippen LogP contribution in [0.1, 0.15) is 19.4 Å². The average Bonchev–Trinajstić information content (AvgIpc) is 2.30. The number of nitrogens with zero attached hydrogens (tertiary/aromatic N) is 1. The van der Waals surface area contributed by atoms with Gasteiger partial charge in [-0.25, -0.2) is 0 Å². The largest absolute Gasteiger partial charge is 0.506 e. The summed E-state index contributed by atoms with van der Waals surface area (Å²) in [5.41, 5.74) is 0.856. The maximum atomic E-state index is 9.41. The standard InChI is InChI=1S/C13H16ClNO2S/c1-8-6-15(7-9(2)17-8)13(18)10-3-4-12(16)11(14)5-10/h3-5,8-9,16H,6-7H2,1-2H3/t8-,9+. The highest BCUT2D eigenvalue weighted by atomic mass is 35.5. The van der Waals surface area contributed by atoms with Gasteiger partial charge in [0, 0.05) is 18.7 Å². The van der Waals surface area contributed by atoms with Gasteiger partial charge in [-0.1, -0.05) is 23.8 Å². The van der Waals surface area contributed by atoms with Crippen molar-refractivity contribution in [2.75, 3.05) is 13.1 Å². The Balaban J connectivity index is 2.17. The predicted octanol–water partition coefficient (Wildman–Crippen LogP) is 2.83. The molecule has 1 aliphatic heterocycles. The molecule has 1 N–H and O–H groups in total. The van der Waals surface area contributed by atoms with Gasteiger partial charge in [-0.3, -0.25) is 0 Å². The van der Waals surface area contributed by atoms with E-state index in [1.807, 2.05) is 13.8 Å². The van der Waals surface area contributed by atoms with Gasteiger partial charge in [0.15, 0.2) is 0 Å². The number of benzene rings is 1. The van der Waals surface area contributed by atoms with Crippen molar-refractivity contribution in [3.8, 4) is 5.75 Å². The van der Waals surface area contributed by atoms with E-state index in [9.17, 15) is 5.11 Å². The minimum absolute atomic E-state index is 0.0759. The number of halogens is 1. The van der Waals surface area contributed by atoms with Crippen molar-refractivity contribution in [2.24, 2.45) is 0 Å². The first-order valence-electron chi connectivity index (χ1n) is 5.90. The summed E-state index contributed by atoms with van der Waals surface area (Å²) >= 11 is 11.4. The lowest BCUT2D eigenvalue weighted by molar-refractivity contribution is -0.0472. The molecule has 1 aromatic carbocycles. The highest BCUT2D eigenvalue weighted by Gasteiger charge is 2.24. The van der Waals surface area contributed by atoms with Crippen LogP contribution in [0.25, 0.3) is 0 Å². The van der Waals surface area contributed by atoms with E-state index in [2.05, 4.69) is 4.90 Å². The smallest absolute Gasteiger partial charge is 0.134 e. The molecular formula is C13H16ClNO2S. The third-order valence-corrected chi connectivity index (χ3v) is 3.70. The van der Waals surface area contributed by atoms with E-state index in [4.69, 9.17) is 28.6 Å². The number of rotatable bonds is 1. The summed E-state index contributed by atoms with van der Waals surface area (Å²) in [7, 11) is 0. The first-order valence-corrected chi connectivity index (χ1v) is 6.69. The Morgan fingerprint density at radius 3 is 2.56 bits per heavy atom. The maximum absolute atomic E-state index is 9.41. The van der Waals surface area contributed by atoms with Crippen LogP contribution < -0.4 is 0 Å².